The van der Waals surface area contributed by atoms with Gasteiger partial charge < -0.3 is 5.32 Å². The van der Waals surface area contributed by atoms with Gasteiger partial charge in [0.25, 0.3) is 5.56 Å². The topological polar surface area (TPSA) is 59.8 Å². The molecule has 0 fully saturated rings. The van der Waals surface area contributed by atoms with Crippen LogP contribution in [0.15, 0.2) is 16.4 Å². The minimum absolute atomic E-state index is 0.0195. The Kier molecular flexibility index (Phi) is 5.36. The molecule has 2 heterocycles. The molecule has 2 rings (SSSR count). The number of hydrogen-bond acceptors (Lipinski definition) is 5. The Morgan fingerprint density at radius 1 is 1.52 bits per heavy atom. The van der Waals surface area contributed by atoms with Crippen LogP contribution in [0.2, 0.25) is 5.02 Å². The van der Waals surface area contributed by atoms with E-state index >= 15 is 0 Å². The first kappa shape index (κ1) is 16.0. The molecule has 0 aliphatic carbocycles. The fourth-order valence-electron chi connectivity index (χ4n) is 1.90. The SMILES string of the molecule is CCCCn1ncc(NC(C)c2nc(C)cs2)c(Cl)c1=O. The van der Waals surface area contributed by atoms with Crippen LogP contribution in [0.3, 0.4) is 0 Å². The van der Waals surface area contributed by atoms with Gasteiger partial charge in [0.15, 0.2) is 0 Å². The van der Waals surface area contributed by atoms with Gasteiger partial charge in [-0.2, -0.15) is 5.10 Å². The van der Waals surface area contributed by atoms with Gasteiger partial charge in [-0.15, -0.1) is 11.3 Å². The zero-order chi connectivity index (χ0) is 15.4. The first-order valence-corrected chi connectivity index (χ1v) is 8.22. The Hall–Kier alpha value is -1.40. The molecule has 2 aromatic rings. The second-order valence-electron chi connectivity index (χ2n) is 4.95. The van der Waals surface area contributed by atoms with E-state index in [1.54, 1.807) is 17.5 Å². The molecule has 1 N–H and O–H groups in total. The monoisotopic (exact) mass is 326 g/mol. The largest absolute Gasteiger partial charge is 0.373 e. The molecule has 2 aromatic heterocycles. The summed E-state index contributed by atoms with van der Waals surface area (Å²) < 4.78 is 1.41. The summed E-state index contributed by atoms with van der Waals surface area (Å²) >= 11 is 7.74. The molecule has 5 nitrogen and oxygen atoms in total. The fourth-order valence-corrected chi connectivity index (χ4v) is 2.90. The van der Waals surface area contributed by atoms with Crippen molar-refractivity contribution in [1.29, 1.82) is 0 Å². The Labute approximate surface area is 133 Å². The zero-order valence-electron chi connectivity index (χ0n) is 12.4. The summed E-state index contributed by atoms with van der Waals surface area (Å²) in [6.07, 6.45) is 3.52. The van der Waals surface area contributed by atoms with Gasteiger partial charge in [0.05, 0.1) is 17.9 Å². The lowest BCUT2D eigenvalue weighted by molar-refractivity contribution is 0.543. The lowest BCUT2D eigenvalue weighted by Crippen LogP contribution is -2.24. The minimum atomic E-state index is -0.252. The summed E-state index contributed by atoms with van der Waals surface area (Å²) in [6, 6.07) is -0.0195. The van der Waals surface area contributed by atoms with Crippen molar-refractivity contribution in [2.45, 2.75) is 46.2 Å². The molecule has 0 bridgehead atoms. The fraction of sp³-hybridized carbons (Fsp3) is 0.500. The lowest BCUT2D eigenvalue weighted by Gasteiger charge is -2.14. The lowest BCUT2D eigenvalue weighted by atomic mass is 10.3. The normalized spacial score (nSPS) is 12.4. The van der Waals surface area contributed by atoms with Gasteiger partial charge in [-0.05, 0) is 20.3 Å². The van der Waals surface area contributed by atoms with E-state index in [4.69, 9.17) is 11.6 Å². The van der Waals surface area contributed by atoms with Crippen molar-refractivity contribution >= 4 is 28.6 Å². The first-order chi connectivity index (χ1) is 10.0. The van der Waals surface area contributed by atoms with Gasteiger partial charge in [-0.1, -0.05) is 24.9 Å². The summed E-state index contributed by atoms with van der Waals surface area (Å²) in [5, 5.41) is 10.5. The highest BCUT2D eigenvalue weighted by atomic mass is 35.5. The maximum atomic E-state index is 12.1. The van der Waals surface area contributed by atoms with Gasteiger partial charge in [-0.3, -0.25) is 4.79 Å². The molecule has 1 atom stereocenters. The van der Waals surface area contributed by atoms with E-state index in [-0.39, 0.29) is 16.6 Å². The Bertz CT molecular complexity index is 667. The van der Waals surface area contributed by atoms with Gasteiger partial charge in [0.2, 0.25) is 0 Å². The van der Waals surface area contributed by atoms with E-state index < -0.39 is 0 Å². The summed E-state index contributed by atoms with van der Waals surface area (Å²) in [4.78, 5) is 16.6. The third-order valence-corrected chi connectivity index (χ3v) is 4.60. The molecule has 0 amide bonds. The molecule has 0 aliphatic heterocycles. The van der Waals surface area contributed by atoms with Gasteiger partial charge >= 0.3 is 0 Å². The average Bonchev–Trinajstić information content (AvgIpc) is 2.90. The molecule has 21 heavy (non-hydrogen) atoms. The predicted molar refractivity (Wildman–Crippen MR) is 87.3 cm³/mol. The van der Waals surface area contributed by atoms with Crippen molar-refractivity contribution in [2.75, 3.05) is 5.32 Å². The summed E-state index contributed by atoms with van der Waals surface area (Å²) in [5.41, 5.74) is 1.29. The van der Waals surface area contributed by atoms with E-state index in [0.29, 0.717) is 12.2 Å². The molecular formula is C14H19ClN4OS. The van der Waals surface area contributed by atoms with Crippen LogP contribution in [0.1, 0.15) is 43.4 Å². The molecule has 0 aliphatic rings. The number of nitrogens with one attached hydrogen (secondary N) is 1. The number of anilines is 1. The number of aromatic nitrogens is 3. The van der Waals surface area contributed by atoms with E-state index in [2.05, 4.69) is 22.3 Å². The van der Waals surface area contributed by atoms with E-state index in [9.17, 15) is 4.79 Å². The second-order valence-corrected chi connectivity index (χ2v) is 6.21. The minimum Gasteiger partial charge on any atom is -0.373 e. The first-order valence-electron chi connectivity index (χ1n) is 6.97. The van der Waals surface area contributed by atoms with Crippen LogP contribution in [-0.2, 0) is 6.54 Å². The van der Waals surface area contributed by atoms with Crippen LogP contribution >= 0.6 is 22.9 Å². The van der Waals surface area contributed by atoms with Crippen molar-refractivity contribution in [3.05, 3.63) is 37.7 Å². The number of unbranched alkanes of at least 4 members (excludes halogenated alkanes) is 1. The van der Waals surface area contributed by atoms with Crippen molar-refractivity contribution in [3.63, 3.8) is 0 Å². The van der Waals surface area contributed by atoms with Crippen molar-refractivity contribution in [3.8, 4) is 0 Å². The van der Waals surface area contributed by atoms with Crippen LogP contribution in [0, 0.1) is 6.92 Å². The highest BCUT2D eigenvalue weighted by Crippen LogP contribution is 2.24. The molecule has 0 aromatic carbocycles. The van der Waals surface area contributed by atoms with Gasteiger partial charge in [0.1, 0.15) is 10.0 Å². The van der Waals surface area contributed by atoms with Crippen LogP contribution in [-0.4, -0.2) is 14.8 Å². The molecule has 7 heteroatoms. The number of hydrogen-bond donors (Lipinski definition) is 1. The van der Waals surface area contributed by atoms with E-state index in [1.165, 1.54) is 4.68 Å². The number of halogens is 1. The summed E-state index contributed by atoms with van der Waals surface area (Å²) in [7, 11) is 0. The van der Waals surface area contributed by atoms with Gasteiger partial charge in [0, 0.05) is 17.6 Å². The smallest absolute Gasteiger partial charge is 0.287 e. The third-order valence-electron chi connectivity index (χ3n) is 3.09. The second kappa shape index (κ2) is 7.04. The molecule has 0 saturated heterocycles. The average molecular weight is 327 g/mol. The number of aryl methyl sites for hydroxylation is 2. The molecule has 0 radical (unpaired) electrons. The third kappa shape index (κ3) is 3.83. The molecule has 0 saturated carbocycles. The maximum Gasteiger partial charge on any atom is 0.287 e. The van der Waals surface area contributed by atoms with Gasteiger partial charge in [-0.25, -0.2) is 9.67 Å². The highest BCUT2D eigenvalue weighted by molar-refractivity contribution is 7.09. The van der Waals surface area contributed by atoms with E-state index in [1.807, 2.05) is 19.2 Å². The van der Waals surface area contributed by atoms with Crippen LogP contribution in [0.25, 0.3) is 0 Å². The summed E-state index contributed by atoms with van der Waals surface area (Å²) in [5.74, 6) is 0. The molecule has 0 spiro atoms. The molecule has 114 valence electrons. The molecular weight excluding hydrogens is 308 g/mol. The molecule has 1 unspecified atom stereocenters. The number of rotatable bonds is 6. The van der Waals surface area contributed by atoms with Crippen LogP contribution < -0.4 is 10.9 Å². The van der Waals surface area contributed by atoms with E-state index in [0.717, 1.165) is 23.5 Å². The van der Waals surface area contributed by atoms with Crippen molar-refractivity contribution < 1.29 is 0 Å². The Morgan fingerprint density at radius 2 is 2.29 bits per heavy atom. The Morgan fingerprint density at radius 3 is 2.90 bits per heavy atom. The van der Waals surface area contributed by atoms with Crippen LogP contribution in [0.4, 0.5) is 5.69 Å². The van der Waals surface area contributed by atoms with Crippen molar-refractivity contribution in [1.82, 2.24) is 14.8 Å². The van der Waals surface area contributed by atoms with Crippen molar-refractivity contribution in [2.24, 2.45) is 0 Å². The maximum absolute atomic E-state index is 12.1. The predicted octanol–water partition coefficient (Wildman–Crippen LogP) is 3.63. The zero-order valence-corrected chi connectivity index (χ0v) is 14.0. The number of thiazole rings is 1. The highest BCUT2D eigenvalue weighted by Gasteiger charge is 2.14. The standard InChI is InChI=1S/C14H19ClN4OS/c1-4-5-6-19-14(20)12(15)11(7-16-19)18-10(3)13-17-9(2)8-21-13/h7-8,10,18H,4-6H2,1-3H3. The van der Waals surface area contributed by atoms with Crippen LogP contribution in [0.5, 0.6) is 0 Å². The summed E-state index contributed by atoms with van der Waals surface area (Å²) in [6.45, 7) is 6.60. The quantitative estimate of drug-likeness (QED) is 0.880. The Balaban J connectivity index is 2.17. The number of nitrogens with zero attached hydrogens (tertiary/aromatic N) is 3.